The van der Waals surface area contributed by atoms with Crippen LogP contribution in [0.2, 0.25) is 0 Å². The van der Waals surface area contributed by atoms with Gasteiger partial charge < -0.3 is 24.1 Å². The van der Waals surface area contributed by atoms with Crippen LogP contribution >= 0.6 is 0 Å². The molecule has 0 aromatic heterocycles. The third kappa shape index (κ3) is 12.2. The molecule has 210 valence electrons. The van der Waals surface area contributed by atoms with Crippen molar-refractivity contribution in [2.24, 2.45) is 5.92 Å². The standard InChI is InChI=1S/C15H28N2O4.C13H27N2/c1-15(2,3)21-14(20)16-12(13(18)19)9-11-7-6-8-17(4,5)10-11;1-15(11-6-3-7-12-15)13-10-14-8-4-2-5-9-14/h11-12H,6-10H2,1-5H3,(H-,16,18,19,20);2-13H2,1H3/q;+1/p+1. The fraction of sp³-hybridized carbons (Fsp3) is 0.929. The van der Waals surface area contributed by atoms with Gasteiger partial charge in [-0.25, -0.2) is 9.59 Å². The minimum atomic E-state index is -1.00. The zero-order chi connectivity index (χ0) is 26.8. The van der Waals surface area contributed by atoms with Crippen LogP contribution in [0.25, 0.3) is 0 Å². The van der Waals surface area contributed by atoms with Crippen LogP contribution in [-0.2, 0) is 9.53 Å². The van der Waals surface area contributed by atoms with E-state index in [1.165, 1.54) is 82.3 Å². The van der Waals surface area contributed by atoms with Gasteiger partial charge in [-0.1, -0.05) is 6.42 Å². The van der Waals surface area contributed by atoms with E-state index in [2.05, 4.69) is 31.4 Å². The molecule has 0 saturated carbocycles. The van der Waals surface area contributed by atoms with Crippen LogP contribution in [0.5, 0.6) is 0 Å². The molecule has 1 amide bonds. The SMILES string of the molecule is CC(C)(C)OC(=O)NC(CC1CCC[N+](C)(C)C1)C(=O)O.C[N+]1(CCN2CCCCC2)CCCCC1. The van der Waals surface area contributed by atoms with Crippen LogP contribution in [0.15, 0.2) is 0 Å². The van der Waals surface area contributed by atoms with Gasteiger partial charge in [-0.3, -0.25) is 4.90 Å². The lowest BCUT2D eigenvalue weighted by atomic mass is 9.90. The Hall–Kier alpha value is -1.38. The predicted molar refractivity (Wildman–Crippen MR) is 145 cm³/mol. The third-order valence-electron chi connectivity index (χ3n) is 7.99. The van der Waals surface area contributed by atoms with E-state index in [1.807, 2.05) is 0 Å². The molecule has 0 bridgehead atoms. The van der Waals surface area contributed by atoms with Crippen molar-refractivity contribution in [3.05, 3.63) is 0 Å². The number of hydrogen-bond donors (Lipinski definition) is 2. The molecular weight excluding hydrogens is 456 g/mol. The Kier molecular flexibility index (Phi) is 12.0. The Labute approximate surface area is 220 Å². The molecular formula is C28H56N4O4+2. The van der Waals surface area contributed by atoms with Gasteiger partial charge in [-0.15, -0.1) is 0 Å². The maximum absolute atomic E-state index is 11.7. The van der Waals surface area contributed by atoms with Gasteiger partial charge in [-0.05, 0) is 85.2 Å². The number of carboxylic acids is 1. The van der Waals surface area contributed by atoms with Gasteiger partial charge in [0.2, 0.25) is 0 Å². The lowest BCUT2D eigenvalue weighted by Crippen LogP contribution is -2.52. The first-order chi connectivity index (χ1) is 16.8. The molecule has 2 unspecified atom stereocenters. The van der Waals surface area contributed by atoms with Crippen molar-refractivity contribution in [2.75, 3.05) is 73.5 Å². The second-order valence-corrected chi connectivity index (χ2v) is 13.4. The summed E-state index contributed by atoms with van der Waals surface area (Å²) in [5.41, 5.74) is -0.628. The number of quaternary nitrogens is 2. The number of likely N-dealkylation sites (tertiary alicyclic amines) is 3. The third-order valence-corrected chi connectivity index (χ3v) is 7.99. The average Bonchev–Trinajstić information content (AvgIpc) is 2.77. The zero-order valence-corrected chi connectivity index (χ0v) is 24.2. The molecule has 3 aliphatic rings. The highest BCUT2D eigenvalue weighted by Gasteiger charge is 2.33. The number of alkyl carbamates (subject to hydrolysis) is 1. The molecule has 3 fully saturated rings. The molecule has 0 aromatic rings. The molecule has 8 heteroatoms. The highest BCUT2D eigenvalue weighted by atomic mass is 16.6. The fourth-order valence-corrected chi connectivity index (χ4v) is 5.95. The van der Waals surface area contributed by atoms with E-state index in [9.17, 15) is 14.7 Å². The number of aliphatic carboxylic acids is 1. The molecule has 0 spiro atoms. The average molecular weight is 513 g/mol. The van der Waals surface area contributed by atoms with Crippen LogP contribution in [0, 0.1) is 5.92 Å². The summed E-state index contributed by atoms with van der Waals surface area (Å²) in [5.74, 6) is -0.693. The van der Waals surface area contributed by atoms with Crippen molar-refractivity contribution in [1.82, 2.24) is 10.2 Å². The van der Waals surface area contributed by atoms with Crippen molar-refractivity contribution in [3.63, 3.8) is 0 Å². The van der Waals surface area contributed by atoms with E-state index < -0.39 is 23.7 Å². The molecule has 3 saturated heterocycles. The Bertz CT molecular complexity index is 680. The predicted octanol–water partition coefficient (Wildman–Crippen LogP) is 3.94. The largest absolute Gasteiger partial charge is 0.480 e. The van der Waals surface area contributed by atoms with Crippen LogP contribution in [-0.4, -0.2) is 116 Å². The highest BCUT2D eigenvalue weighted by molar-refractivity contribution is 5.80. The summed E-state index contributed by atoms with van der Waals surface area (Å²) in [6.45, 7) is 15.6. The van der Waals surface area contributed by atoms with Gasteiger partial charge in [-0.2, -0.15) is 0 Å². The highest BCUT2D eigenvalue weighted by Crippen LogP contribution is 2.24. The minimum Gasteiger partial charge on any atom is -0.480 e. The zero-order valence-electron chi connectivity index (χ0n) is 24.2. The number of nitrogens with zero attached hydrogens (tertiary/aromatic N) is 3. The first kappa shape index (κ1) is 30.8. The monoisotopic (exact) mass is 512 g/mol. The van der Waals surface area contributed by atoms with Crippen LogP contribution in [0.3, 0.4) is 0 Å². The van der Waals surface area contributed by atoms with Crippen molar-refractivity contribution in [2.45, 2.75) is 90.2 Å². The van der Waals surface area contributed by atoms with Crippen LogP contribution < -0.4 is 5.32 Å². The Morgan fingerprint density at radius 1 is 0.972 bits per heavy atom. The topological polar surface area (TPSA) is 78.9 Å². The molecule has 0 aliphatic carbocycles. The Morgan fingerprint density at radius 3 is 2.14 bits per heavy atom. The van der Waals surface area contributed by atoms with Crippen LogP contribution in [0.4, 0.5) is 4.79 Å². The lowest BCUT2D eigenvalue weighted by molar-refractivity contribution is -0.913. The molecule has 3 rings (SSSR count). The first-order valence-electron chi connectivity index (χ1n) is 14.4. The Morgan fingerprint density at radius 2 is 1.58 bits per heavy atom. The van der Waals surface area contributed by atoms with Crippen molar-refractivity contribution in [3.8, 4) is 0 Å². The number of nitrogens with one attached hydrogen (secondary N) is 1. The summed E-state index contributed by atoms with van der Waals surface area (Å²) in [7, 11) is 6.77. The number of hydrogen-bond acceptors (Lipinski definition) is 4. The molecule has 36 heavy (non-hydrogen) atoms. The summed E-state index contributed by atoms with van der Waals surface area (Å²) in [5, 5.41) is 11.8. The van der Waals surface area contributed by atoms with Crippen LogP contribution in [0.1, 0.15) is 78.6 Å². The number of carbonyl (C=O) groups excluding carboxylic acids is 1. The fourth-order valence-electron chi connectivity index (χ4n) is 5.95. The number of ether oxygens (including phenoxy) is 1. The van der Waals surface area contributed by atoms with Gasteiger partial charge >= 0.3 is 12.1 Å². The van der Waals surface area contributed by atoms with E-state index in [4.69, 9.17) is 4.74 Å². The van der Waals surface area contributed by atoms with Gasteiger partial charge in [0.15, 0.2) is 0 Å². The Balaban J connectivity index is 0.000000267. The molecule has 2 N–H and O–H groups in total. The summed E-state index contributed by atoms with van der Waals surface area (Å²) < 4.78 is 7.38. The summed E-state index contributed by atoms with van der Waals surface area (Å²) in [6.07, 6.45) is 10.6. The molecule has 8 nitrogen and oxygen atoms in total. The summed E-state index contributed by atoms with van der Waals surface area (Å²) in [4.78, 5) is 25.8. The number of carboxylic acid groups (broad SMARTS) is 1. The molecule has 3 aliphatic heterocycles. The number of amides is 1. The number of carbonyl (C=O) groups is 2. The second kappa shape index (κ2) is 14.0. The number of piperidine rings is 3. The van der Waals surface area contributed by atoms with E-state index in [-0.39, 0.29) is 0 Å². The van der Waals surface area contributed by atoms with Gasteiger partial charge in [0.05, 0.1) is 53.9 Å². The lowest BCUT2D eigenvalue weighted by Gasteiger charge is -2.39. The van der Waals surface area contributed by atoms with Crippen molar-refractivity contribution < 1.29 is 28.4 Å². The van der Waals surface area contributed by atoms with E-state index >= 15 is 0 Å². The molecule has 0 aromatic carbocycles. The van der Waals surface area contributed by atoms with E-state index in [0.717, 1.165) is 30.4 Å². The van der Waals surface area contributed by atoms with Crippen molar-refractivity contribution >= 4 is 12.1 Å². The van der Waals surface area contributed by atoms with Gasteiger partial charge in [0.25, 0.3) is 0 Å². The number of likely N-dealkylation sites (N-methyl/N-ethyl adjacent to an activating group) is 1. The summed E-state index contributed by atoms with van der Waals surface area (Å²) in [6, 6.07) is -0.886. The number of rotatable bonds is 7. The van der Waals surface area contributed by atoms with E-state index in [1.54, 1.807) is 20.8 Å². The molecule has 0 radical (unpaired) electrons. The van der Waals surface area contributed by atoms with Crippen molar-refractivity contribution in [1.29, 1.82) is 0 Å². The maximum atomic E-state index is 11.7. The summed E-state index contributed by atoms with van der Waals surface area (Å²) >= 11 is 0. The maximum Gasteiger partial charge on any atom is 0.408 e. The molecule has 2 atom stereocenters. The van der Waals surface area contributed by atoms with Gasteiger partial charge in [0, 0.05) is 12.5 Å². The normalized spacial score (nSPS) is 25.1. The van der Waals surface area contributed by atoms with Gasteiger partial charge in [0.1, 0.15) is 11.6 Å². The minimum absolute atomic E-state index is 0.310. The smallest absolute Gasteiger partial charge is 0.408 e. The first-order valence-corrected chi connectivity index (χ1v) is 14.4. The van der Waals surface area contributed by atoms with E-state index in [0.29, 0.717) is 12.3 Å². The molecule has 3 heterocycles. The second-order valence-electron chi connectivity index (χ2n) is 13.4. The quantitative estimate of drug-likeness (QED) is 0.505.